The van der Waals surface area contributed by atoms with E-state index in [4.69, 9.17) is 33.2 Å². The first kappa shape index (κ1) is 11.6. The average Bonchev–Trinajstić information content (AvgIpc) is 2.63. The van der Waals surface area contributed by atoms with Gasteiger partial charge in [-0.3, -0.25) is 0 Å². The van der Waals surface area contributed by atoms with Gasteiger partial charge < -0.3 is 0 Å². The summed E-state index contributed by atoms with van der Waals surface area (Å²) in [5.41, 5.74) is 4.67. The summed E-state index contributed by atoms with van der Waals surface area (Å²) in [5.74, 6) is 0. The van der Waals surface area contributed by atoms with Gasteiger partial charge in [0.25, 0.3) is 0 Å². The largest absolute Gasteiger partial charge is 0.352 e. The molecule has 0 saturated heterocycles. The SMILES string of the molecule is Cl[Si](Cl)(Cl)C1c2ccccc2-c2ccccc21. The van der Waals surface area contributed by atoms with Crippen molar-refractivity contribution in [1.82, 2.24) is 0 Å². The molecule has 0 heterocycles. The number of fused-ring (bicyclic) bond motifs is 3. The molecular formula is C13H9Cl3Si. The Morgan fingerprint density at radius 3 is 1.53 bits per heavy atom. The van der Waals surface area contributed by atoms with Gasteiger partial charge in [-0.2, -0.15) is 0 Å². The van der Waals surface area contributed by atoms with Crippen LogP contribution in [-0.4, -0.2) is 6.00 Å². The number of hydrogen-bond donors (Lipinski definition) is 0. The van der Waals surface area contributed by atoms with Crippen molar-refractivity contribution >= 4 is 39.2 Å². The molecule has 17 heavy (non-hydrogen) atoms. The van der Waals surface area contributed by atoms with Crippen LogP contribution < -0.4 is 0 Å². The zero-order valence-electron chi connectivity index (χ0n) is 8.83. The van der Waals surface area contributed by atoms with Crippen molar-refractivity contribution in [1.29, 1.82) is 0 Å². The van der Waals surface area contributed by atoms with Crippen LogP contribution in [0.2, 0.25) is 0 Å². The molecule has 0 nitrogen and oxygen atoms in total. The highest BCUT2D eigenvalue weighted by molar-refractivity contribution is 7.65. The van der Waals surface area contributed by atoms with Crippen molar-refractivity contribution in [2.75, 3.05) is 0 Å². The summed E-state index contributed by atoms with van der Waals surface area (Å²) in [6.45, 7) is 0. The second kappa shape index (κ2) is 4.03. The molecular weight excluding hydrogens is 291 g/mol. The second-order valence-electron chi connectivity index (χ2n) is 4.15. The topological polar surface area (TPSA) is 0 Å². The molecule has 0 aliphatic heterocycles. The fourth-order valence-corrected chi connectivity index (χ4v) is 5.83. The molecule has 4 heteroatoms. The molecule has 2 aromatic rings. The highest BCUT2D eigenvalue weighted by Gasteiger charge is 2.44. The Bertz CT molecular complexity index is 529. The van der Waals surface area contributed by atoms with Crippen LogP contribution in [0.5, 0.6) is 0 Å². The van der Waals surface area contributed by atoms with E-state index in [0.29, 0.717) is 0 Å². The summed E-state index contributed by atoms with van der Waals surface area (Å²) < 4.78 is 0. The van der Waals surface area contributed by atoms with Crippen molar-refractivity contribution in [3.05, 3.63) is 59.7 Å². The van der Waals surface area contributed by atoms with E-state index >= 15 is 0 Å². The molecule has 1 aliphatic carbocycles. The predicted molar refractivity (Wildman–Crippen MR) is 77.0 cm³/mol. The van der Waals surface area contributed by atoms with Crippen LogP contribution in [-0.2, 0) is 0 Å². The lowest BCUT2D eigenvalue weighted by Crippen LogP contribution is -2.22. The quantitative estimate of drug-likeness (QED) is 0.514. The van der Waals surface area contributed by atoms with Crippen LogP contribution in [0.15, 0.2) is 48.5 Å². The van der Waals surface area contributed by atoms with E-state index in [1.807, 2.05) is 24.3 Å². The van der Waals surface area contributed by atoms with Gasteiger partial charge in [-0.05, 0) is 22.3 Å². The predicted octanol–water partition coefficient (Wildman–Crippen LogP) is 4.99. The maximum Gasteiger partial charge on any atom is 0.352 e. The summed E-state index contributed by atoms with van der Waals surface area (Å²) in [4.78, 5) is 0. The molecule has 0 spiro atoms. The lowest BCUT2D eigenvalue weighted by Gasteiger charge is -2.19. The fourth-order valence-electron chi connectivity index (χ4n) is 2.51. The van der Waals surface area contributed by atoms with E-state index in [2.05, 4.69) is 24.3 Å². The van der Waals surface area contributed by atoms with Gasteiger partial charge in [0, 0.05) is 5.54 Å². The lowest BCUT2D eigenvalue weighted by atomic mass is 10.1. The molecule has 2 aromatic carbocycles. The Kier molecular flexibility index (Phi) is 2.75. The van der Waals surface area contributed by atoms with E-state index in [0.717, 1.165) is 11.1 Å². The standard InChI is InChI=1S/C13H9Cl3Si/c14-17(15,16)13-11-7-3-1-5-9(11)10-6-2-4-8-12(10)13/h1-8,13H. The van der Waals surface area contributed by atoms with Crippen molar-refractivity contribution < 1.29 is 0 Å². The first-order chi connectivity index (χ1) is 8.09. The van der Waals surface area contributed by atoms with Gasteiger partial charge in [-0.25, -0.2) is 0 Å². The molecule has 86 valence electrons. The Morgan fingerprint density at radius 1 is 0.706 bits per heavy atom. The minimum Gasteiger partial charge on any atom is -0.125 e. The lowest BCUT2D eigenvalue weighted by molar-refractivity contribution is 1.18. The summed E-state index contributed by atoms with van der Waals surface area (Å²) in [5, 5.41) is 0. The summed E-state index contributed by atoms with van der Waals surface area (Å²) >= 11 is 18.8. The molecule has 0 radical (unpaired) electrons. The van der Waals surface area contributed by atoms with Crippen LogP contribution >= 0.6 is 33.2 Å². The third kappa shape index (κ3) is 1.82. The first-order valence-corrected chi connectivity index (χ1v) is 10.5. The van der Waals surface area contributed by atoms with Crippen LogP contribution in [0.1, 0.15) is 16.7 Å². The Morgan fingerprint density at radius 2 is 1.12 bits per heavy atom. The van der Waals surface area contributed by atoms with Crippen LogP contribution in [0.3, 0.4) is 0 Å². The smallest absolute Gasteiger partial charge is 0.125 e. The van der Waals surface area contributed by atoms with Gasteiger partial charge in [0.15, 0.2) is 0 Å². The molecule has 0 bridgehead atoms. The van der Waals surface area contributed by atoms with Crippen molar-refractivity contribution in [3.63, 3.8) is 0 Å². The van der Waals surface area contributed by atoms with Crippen LogP contribution in [0.4, 0.5) is 0 Å². The van der Waals surface area contributed by atoms with Crippen LogP contribution in [0.25, 0.3) is 11.1 Å². The van der Waals surface area contributed by atoms with Gasteiger partial charge in [0.2, 0.25) is 0 Å². The highest BCUT2D eigenvalue weighted by atomic mass is 35.8. The van der Waals surface area contributed by atoms with Gasteiger partial charge in [-0.1, -0.05) is 48.5 Å². The maximum absolute atomic E-state index is 6.26. The monoisotopic (exact) mass is 298 g/mol. The minimum atomic E-state index is -2.81. The van der Waals surface area contributed by atoms with E-state index in [-0.39, 0.29) is 5.54 Å². The number of rotatable bonds is 1. The molecule has 0 aromatic heterocycles. The molecule has 0 atom stereocenters. The Balaban J connectivity index is 2.31. The van der Waals surface area contributed by atoms with Crippen molar-refractivity contribution in [2.45, 2.75) is 5.54 Å². The normalized spacial score (nSPS) is 14.5. The van der Waals surface area contributed by atoms with Crippen molar-refractivity contribution in [2.24, 2.45) is 0 Å². The number of halogens is 3. The zero-order valence-corrected chi connectivity index (χ0v) is 12.1. The Hall–Kier alpha value is -0.473. The van der Waals surface area contributed by atoms with E-state index in [9.17, 15) is 0 Å². The average molecular weight is 300 g/mol. The maximum atomic E-state index is 6.26. The molecule has 0 amide bonds. The summed E-state index contributed by atoms with van der Waals surface area (Å²) in [6, 6.07) is 13.6. The molecule has 0 saturated carbocycles. The molecule has 0 N–H and O–H groups in total. The van der Waals surface area contributed by atoms with Gasteiger partial charge in [0.1, 0.15) is 0 Å². The van der Waals surface area contributed by atoms with Crippen LogP contribution in [0, 0.1) is 0 Å². The van der Waals surface area contributed by atoms with Gasteiger partial charge in [0.05, 0.1) is 0 Å². The third-order valence-corrected chi connectivity index (χ3v) is 6.40. The zero-order chi connectivity index (χ0) is 12.0. The summed E-state index contributed by atoms with van der Waals surface area (Å²) in [6.07, 6.45) is 0. The fraction of sp³-hybridized carbons (Fsp3) is 0.0769. The van der Waals surface area contributed by atoms with Crippen molar-refractivity contribution in [3.8, 4) is 11.1 Å². The molecule has 0 fully saturated rings. The second-order valence-corrected chi connectivity index (χ2v) is 12.9. The van der Waals surface area contributed by atoms with E-state index < -0.39 is 6.00 Å². The number of benzene rings is 2. The molecule has 0 unspecified atom stereocenters. The number of hydrogen-bond acceptors (Lipinski definition) is 0. The Labute approximate surface area is 115 Å². The van der Waals surface area contributed by atoms with Gasteiger partial charge >= 0.3 is 6.00 Å². The molecule has 3 rings (SSSR count). The minimum absolute atomic E-state index is 0.0418. The molecule has 1 aliphatic rings. The third-order valence-electron chi connectivity index (χ3n) is 3.16. The first-order valence-electron chi connectivity index (χ1n) is 5.34. The van der Waals surface area contributed by atoms with Gasteiger partial charge in [-0.15, -0.1) is 33.2 Å². The summed E-state index contributed by atoms with van der Waals surface area (Å²) in [7, 11) is 0. The van der Waals surface area contributed by atoms with E-state index in [1.165, 1.54) is 11.1 Å². The van der Waals surface area contributed by atoms with E-state index in [1.54, 1.807) is 0 Å². The highest BCUT2D eigenvalue weighted by Crippen LogP contribution is 2.52.